The summed E-state index contributed by atoms with van der Waals surface area (Å²) in [5.41, 5.74) is 2.25. The van der Waals surface area contributed by atoms with Gasteiger partial charge in [0.15, 0.2) is 5.15 Å². The number of H-pyrrole nitrogens is 1. The van der Waals surface area contributed by atoms with Crippen molar-refractivity contribution >= 4 is 23.2 Å². The quantitative estimate of drug-likeness (QED) is 0.709. The van der Waals surface area contributed by atoms with E-state index in [2.05, 4.69) is 30.5 Å². The highest BCUT2D eigenvalue weighted by Crippen LogP contribution is 2.37. The summed E-state index contributed by atoms with van der Waals surface area (Å²) in [7, 11) is 0. The van der Waals surface area contributed by atoms with Crippen molar-refractivity contribution in [1.29, 1.82) is 0 Å². The van der Waals surface area contributed by atoms with Gasteiger partial charge in [-0.2, -0.15) is 20.5 Å². The third kappa shape index (κ3) is 3.21. The lowest BCUT2D eigenvalue weighted by molar-refractivity contribution is 0.0592. The maximum absolute atomic E-state index is 13.9. The van der Waals surface area contributed by atoms with E-state index >= 15 is 0 Å². The number of amides is 1. The average Bonchev–Trinajstić information content (AvgIpc) is 3.23. The van der Waals surface area contributed by atoms with Gasteiger partial charge in [0.2, 0.25) is 0 Å². The molecular weight excluding hydrogens is 397 g/mol. The van der Waals surface area contributed by atoms with E-state index in [1.54, 1.807) is 23.2 Å². The summed E-state index contributed by atoms with van der Waals surface area (Å²) in [5, 5.41) is 18.4. The van der Waals surface area contributed by atoms with Gasteiger partial charge in [0.25, 0.3) is 5.91 Å². The van der Waals surface area contributed by atoms with Crippen LogP contribution in [0.25, 0.3) is 11.3 Å². The van der Waals surface area contributed by atoms with Gasteiger partial charge < -0.3 is 9.80 Å². The van der Waals surface area contributed by atoms with Crippen molar-refractivity contribution in [2.45, 2.75) is 12.5 Å². The molecule has 1 N–H and O–H groups in total. The summed E-state index contributed by atoms with van der Waals surface area (Å²) in [6, 6.07) is 6.11. The van der Waals surface area contributed by atoms with Crippen LogP contribution >= 0.6 is 11.6 Å². The third-order valence-corrected chi connectivity index (χ3v) is 5.87. The van der Waals surface area contributed by atoms with Crippen LogP contribution in [0.2, 0.25) is 5.15 Å². The Morgan fingerprint density at radius 1 is 1.24 bits per heavy atom. The van der Waals surface area contributed by atoms with Crippen LogP contribution in [0.3, 0.4) is 0 Å². The second-order valence-corrected chi connectivity index (χ2v) is 7.69. The molecule has 3 aromatic rings. The second kappa shape index (κ2) is 7.07. The molecule has 0 radical (unpaired) electrons. The number of piperidine rings is 1. The predicted octanol–water partition coefficient (Wildman–Crippen LogP) is 2.41. The van der Waals surface area contributed by atoms with E-state index in [1.165, 1.54) is 18.3 Å². The molecule has 2 saturated heterocycles. The fourth-order valence-corrected chi connectivity index (χ4v) is 4.34. The Morgan fingerprint density at radius 3 is 2.93 bits per heavy atom. The van der Waals surface area contributed by atoms with Crippen molar-refractivity contribution in [2.24, 2.45) is 5.92 Å². The van der Waals surface area contributed by atoms with Gasteiger partial charge in [0.1, 0.15) is 11.5 Å². The highest BCUT2D eigenvalue weighted by atomic mass is 35.5. The lowest BCUT2D eigenvalue weighted by Crippen LogP contribution is -2.65. The summed E-state index contributed by atoms with van der Waals surface area (Å²) in [4.78, 5) is 17.2. The van der Waals surface area contributed by atoms with Gasteiger partial charge >= 0.3 is 0 Å². The van der Waals surface area contributed by atoms with E-state index in [9.17, 15) is 9.18 Å². The van der Waals surface area contributed by atoms with Crippen molar-refractivity contribution in [1.82, 2.24) is 30.5 Å². The third-order valence-electron chi connectivity index (χ3n) is 5.69. The lowest BCUT2D eigenvalue weighted by Gasteiger charge is -2.54. The number of anilines is 1. The number of carbonyl (C=O) groups is 1. The smallest absolute Gasteiger partial charge is 0.254 e. The number of aromatic nitrogens is 5. The minimum atomic E-state index is -0.460. The molecule has 2 aromatic heterocycles. The van der Waals surface area contributed by atoms with Crippen LogP contribution in [-0.4, -0.2) is 62.1 Å². The number of benzene rings is 1. The van der Waals surface area contributed by atoms with Gasteiger partial charge in [-0.3, -0.25) is 4.79 Å². The van der Waals surface area contributed by atoms with Crippen LogP contribution < -0.4 is 4.90 Å². The van der Waals surface area contributed by atoms with E-state index in [1.807, 2.05) is 0 Å². The number of rotatable bonds is 3. The topological polar surface area (TPSA) is 90.9 Å². The molecule has 2 atom stereocenters. The van der Waals surface area contributed by atoms with Crippen molar-refractivity contribution in [2.75, 3.05) is 24.5 Å². The molecule has 148 valence electrons. The Hall–Kier alpha value is -3.07. The first kappa shape index (κ1) is 18.0. The number of fused-ring (bicyclic) bond motifs is 1. The molecule has 0 aliphatic carbocycles. The zero-order chi connectivity index (χ0) is 20.0. The molecule has 2 aliphatic heterocycles. The van der Waals surface area contributed by atoms with Gasteiger partial charge in [0.05, 0.1) is 29.7 Å². The van der Waals surface area contributed by atoms with E-state index in [4.69, 9.17) is 11.6 Å². The fraction of sp³-hybridized carbons (Fsp3) is 0.316. The Bertz CT molecular complexity index is 1060. The molecule has 1 amide bonds. The zero-order valence-electron chi connectivity index (χ0n) is 15.3. The van der Waals surface area contributed by atoms with Crippen LogP contribution in [-0.2, 0) is 0 Å². The van der Waals surface area contributed by atoms with E-state index in [-0.39, 0.29) is 17.5 Å². The molecule has 0 unspecified atom stereocenters. The molecule has 8 nitrogen and oxygen atoms in total. The molecule has 0 saturated carbocycles. The first-order valence-electron chi connectivity index (χ1n) is 9.30. The van der Waals surface area contributed by atoms with Gasteiger partial charge in [-0.15, -0.1) is 5.10 Å². The molecule has 0 spiro atoms. The Kier molecular flexibility index (Phi) is 4.39. The van der Waals surface area contributed by atoms with Crippen LogP contribution in [0.15, 0.2) is 36.7 Å². The molecule has 10 heteroatoms. The van der Waals surface area contributed by atoms with Crippen LogP contribution in [0.4, 0.5) is 10.1 Å². The molecule has 5 rings (SSSR count). The minimum Gasteiger partial charge on any atom is -0.365 e. The van der Waals surface area contributed by atoms with Crippen molar-refractivity contribution in [3.8, 4) is 11.3 Å². The number of aromatic amines is 1. The Labute approximate surface area is 170 Å². The number of nitrogens with zero attached hydrogens (tertiary/aromatic N) is 6. The molecular formula is C19H17ClFN7O. The number of carbonyl (C=O) groups excluding carboxylic acids is 1. The van der Waals surface area contributed by atoms with Crippen molar-refractivity contribution in [3.05, 3.63) is 53.2 Å². The summed E-state index contributed by atoms with van der Waals surface area (Å²) >= 11 is 5.97. The molecule has 2 fully saturated rings. The summed E-state index contributed by atoms with van der Waals surface area (Å²) in [6.07, 6.45) is 4.09. The van der Waals surface area contributed by atoms with E-state index in [0.29, 0.717) is 35.4 Å². The lowest BCUT2D eigenvalue weighted by atomic mass is 9.81. The summed E-state index contributed by atoms with van der Waals surface area (Å²) in [6.45, 7) is 2.09. The first-order chi connectivity index (χ1) is 14.1. The maximum Gasteiger partial charge on any atom is 0.254 e. The van der Waals surface area contributed by atoms with Gasteiger partial charge in [-0.25, -0.2) is 4.39 Å². The molecule has 29 heavy (non-hydrogen) atoms. The second-order valence-electron chi connectivity index (χ2n) is 7.30. The highest BCUT2D eigenvalue weighted by molar-refractivity contribution is 6.29. The zero-order valence-corrected chi connectivity index (χ0v) is 16.1. The fourth-order valence-electron chi connectivity index (χ4n) is 4.18. The van der Waals surface area contributed by atoms with Crippen LogP contribution in [0.5, 0.6) is 0 Å². The summed E-state index contributed by atoms with van der Waals surface area (Å²) < 4.78 is 13.9. The average molecular weight is 414 g/mol. The Balaban J connectivity index is 1.40. The largest absolute Gasteiger partial charge is 0.365 e. The number of nitrogens with one attached hydrogen (secondary N) is 1. The number of hydrogen-bond acceptors (Lipinski definition) is 6. The molecule has 1 aromatic carbocycles. The predicted molar refractivity (Wildman–Crippen MR) is 104 cm³/mol. The summed E-state index contributed by atoms with van der Waals surface area (Å²) in [5.74, 6) is -0.162. The van der Waals surface area contributed by atoms with Gasteiger partial charge in [-0.1, -0.05) is 11.6 Å². The standard InChI is InChI=1S/C19H17ClFN7O/c20-18-6-13(7-22-25-18)28-9-11-3-4-27(10-17(11)28)19(29)15-5-12(21)1-2-14(15)16-8-23-26-24-16/h1-2,5-8,11,17H,3-4,9-10H2,(H,23,24,26)/t11-,17-/m0/s1. The van der Waals surface area contributed by atoms with Crippen molar-refractivity contribution in [3.63, 3.8) is 0 Å². The number of hydrogen-bond donors (Lipinski definition) is 1. The van der Waals surface area contributed by atoms with Crippen molar-refractivity contribution < 1.29 is 9.18 Å². The molecule has 2 aliphatic rings. The number of halogens is 2. The van der Waals surface area contributed by atoms with Crippen LogP contribution in [0, 0.1) is 11.7 Å². The first-order valence-corrected chi connectivity index (χ1v) is 9.68. The highest BCUT2D eigenvalue weighted by Gasteiger charge is 2.44. The van der Waals surface area contributed by atoms with Gasteiger partial charge in [0, 0.05) is 37.2 Å². The maximum atomic E-state index is 13.9. The minimum absolute atomic E-state index is 0.178. The molecule has 4 heterocycles. The van der Waals surface area contributed by atoms with Gasteiger partial charge in [-0.05, 0) is 24.6 Å². The number of likely N-dealkylation sites (tertiary alicyclic amines) is 1. The SMILES string of the molecule is O=C(c1cc(F)ccc1-c1cn[nH]n1)N1CC[C@H]2CN(c3cnnc(Cl)c3)[C@H]2C1. The van der Waals surface area contributed by atoms with E-state index < -0.39 is 5.82 Å². The van der Waals surface area contributed by atoms with Crippen LogP contribution in [0.1, 0.15) is 16.8 Å². The van der Waals surface area contributed by atoms with E-state index in [0.717, 1.165) is 18.7 Å². The molecule has 0 bridgehead atoms. The monoisotopic (exact) mass is 413 g/mol. The normalized spacial score (nSPS) is 20.9. The Morgan fingerprint density at radius 2 is 2.14 bits per heavy atom.